The maximum absolute atomic E-state index is 13.5. The summed E-state index contributed by atoms with van der Waals surface area (Å²) in [4.78, 5) is 42.8. The molecule has 0 aliphatic carbocycles. The van der Waals surface area contributed by atoms with Gasteiger partial charge in [-0.05, 0) is 31.4 Å². The standard InChI is InChI=1S/C26H27N5O4/c1-17-21(18(2)35-29-17)13-14-22(32)30(15-19-9-5-3-6-10-19)23-24(27)31(26(34)28-25(23)33)16-20-11-7-4-8-12-20/h3-12H,13-16,27H2,1-2H3,(H,28,33,34). The average molecular weight is 474 g/mol. The highest BCUT2D eigenvalue weighted by Crippen LogP contribution is 2.23. The van der Waals surface area contributed by atoms with Crippen molar-refractivity contribution in [2.75, 3.05) is 10.6 Å². The van der Waals surface area contributed by atoms with Gasteiger partial charge in [0, 0.05) is 12.0 Å². The fourth-order valence-corrected chi connectivity index (χ4v) is 4.04. The van der Waals surface area contributed by atoms with E-state index in [1.807, 2.05) is 67.6 Å². The van der Waals surface area contributed by atoms with Gasteiger partial charge in [-0.25, -0.2) is 4.79 Å². The van der Waals surface area contributed by atoms with Crippen molar-refractivity contribution in [3.63, 3.8) is 0 Å². The monoisotopic (exact) mass is 473 g/mol. The summed E-state index contributed by atoms with van der Waals surface area (Å²) in [5.41, 5.74) is 8.22. The minimum atomic E-state index is -0.710. The third kappa shape index (κ3) is 5.24. The summed E-state index contributed by atoms with van der Waals surface area (Å²) in [5, 5.41) is 3.94. The number of aromatic nitrogens is 3. The Morgan fingerprint density at radius 2 is 1.66 bits per heavy atom. The molecule has 0 unspecified atom stereocenters. The summed E-state index contributed by atoms with van der Waals surface area (Å²) in [6, 6.07) is 18.6. The van der Waals surface area contributed by atoms with E-state index in [0.717, 1.165) is 22.4 Å². The first-order valence-corrected chi connectivity index (χ1v) is 11.3. The van der Waals surface area contributed by atoms with Crippen LogP contribution in [0.25, 0.3) is 0 Å². The maximum Gasteiger partial charge on any atom is 0.330 e. The summed E-state index contributed by atoms with van der Waals surface area (Å²) in [7, 11) is 0. The average Bonchev–Trinajstić information content (AvgIpc) is 3.17. The molecule has 4 rings (SSSR count). The van der Waals surface area contributed by atoms with Crippen LogP contribution in [0.1, 0.15) is 34.6 Å². The Hall–Kier alpha value is -4.40. The number of benzene rings is 2. The molecule has 0 aliphatic heterocycles. The van der Waals surface area contributed by atoms with Crippen molar-refractivity contribution < 1.29 is 9.32 Å². The van der Waals surface area contributed by atoms with Crippen molar-refractivity contribution >= 4 is 17.4 Å². The van der Waals surface area contributed by atoms with Crippen molar-refractivity contribution in [1.82, 2.24) is 14.7 Å². The highest BCUT2D eigenvalue weighted by atomic mass is 16.5. The molecular formula is C26H27N5O4. The molecule has 2 aromatic carbocycles. The number of amides is 1. The van der Waals surface area contributed by atoms with Crippen LogP contribution in [-0.4, -0.2) is 20.6 Å². The minimum Gasteiger partial charge on any atom is -0.383 e. The number of nitrogens with zero attached hydrogens (tertiary/aromatic N) is 3. The quantitative estimate of drug-likeness (QED) is 0.405. The van der Waals surface area contributed by atoms with Crippen molar-refractivity contribution in [3.8, 4) is 0 Å². The van der Waals surface area contributed by atoms with Crippen LogP contribution in [0.15, 0.2) is 74.8 Å². The fourth-order valence-electron chi connectivity index (χ4n) is 4.04. The number of H-pyrrole nitrogens is 1. The lowest BCUT2D eigenvalue weighted by Gasteiger charge is -2.25. The first-order valence-electron chi connectivity index (χ1n) is 11.3. The Labute approximate surface area is 201 Å². The van der Waals surface area contributed by atoms with Crippen molar-refractivity contribution in [2.24, 2.45) is 0 Å². The van der Waals surface area contributed by atoms with Gasteiger partial charge in [-0.2, -0.15) is 0 Å². The Kier molecular flexibility index (Phi) is 6.96. The van der Waals surface area contributed by atoms with Crippen molar-refractivity contribution in [3.05, 3.63) is 110 Å². The zero-order valence-electron chi connectivity index (χ0n) is 19.7. The minimum absolute atomic E-state index is 0.0480. The van der Waals surface area contributed by atoms with Gasteiger partial charge in [0.1, 0.15) is 11.6 Å². The Morgan fingerprint density at radius 3 is 2.26 bits per heavy atom. The normalized spacial score (nSPS) is 10.9. The Morgan fingerprint density at radius 1 is 1.03 bits per heavy atom. The van der Waals surface area contributed by atoms with E-state index in [2.05, 4.69) is 10.1 Å². The number of hydrogen-bond donors (Lipinski definition) is 2. The molecule has 35 heavy (non-hydrogen) atoms. The molecule has 9 nitrogen and oxygen atoms in total. The third-order valence-corrected chi connectivity index (χ3v) is 5.92. The predicted molar refractivity (Wildman–Crippen MR) is 133 cm³/mol. The van der Waals surface area contributed by atoms with Crippen LogP contribution >= 0.6 is 0 Å². The SMILES string of the molecule is Cc1noc(C)c1CCC(=O)N(Cc1ccccc1)c1c(N)n(Cc2ccccc2)c(=O)[nH]c1=O. The van der Waals surface area contributed by atoms with E-state index >= 15 is 0 Å². The van der Waals surface area contributed by atoms with E-state index in [0.29, 0.717) is 12.2 Å². The molecule has 0 saturated carbocycles. The van der Waals surface area contributed by atoms with Gasteiger partial charge in [0.25, 0.3) is 5.56 Å². The number of nitrogens with one attached hydrogen (secondary N) is 1. The van der Waals surface area contributed by atoms with E-state index in [-0.39, 0.29) is 36.9 Å². The van der Waals surface area contributed by atoms with Gasteiger partial charge in [0.2, 0.25) is 5.91 Å². The topological polar surface area (TPSA) is 127 Å². The first-order chi connectivity index (χ1) is 16.8. The maximum atomic E-state index is 13.5. The zero-order valence-corrected chi connectivity index (χ0v) is 19.7. The lowest BCUT2D eigenvalue weighted by Crippen LogP contribution is -2.41. The van der Waals surface area contributed by atoms with Gasteiger partial charge in [0.05, 0.1) is 18.8 Å². The molecule has 2 aromatic heterocycles. The zero-order chi connectivity index (χ0) is 24.9. The smallest absolute Gasteiger partial charge is 0.330 e. The number of aromatic amines is 1. The Balaban J connectivity index is 1.73. The van der Waals surface area contributed by atoms with Gasteiger partial charge in [0.15, 0.2) is 5.69 Å². The second-order valence-corrected chi connectivity index (χ2v) is 8.33. The molecule has 0 atom stereocenters. The molecule has 4 aromatic rings. The van der Waals surface area contributed by atoms with Gasteiger partial charge >= 0.3 is 5.69 Å². The number of nitrogen functional groups attached to an aromatic ring is 1. The second kappa shape index (κ2) is 10.3. The highest BCUT2D eigenvalue weighted by molar-refractivity contribution is 5.95. The number of hydrogen-bond acceptors (Lipinski definition) is 6. The van der Waals surface area contributed by atoms with Crippen LogP contribution in [0, 0.1) is 13.8 Å². The molecular weight excluding hydrogens is 446 g/mol. The number of carbonyl (C=O) groups is 1. The predicted octanol–water partition coefficient (Wildman–Crippen LogP) is 2.94. The second-order valence-electron chi connectivity index (χ2n) is 8.33. The molecule has 180 valence electrons. The Bertz CT molecular complexity index is 1420. The number of aryl methyl sites for hydroxylation is 2. The molecule has 0 fully saturated rings. The molecule has 1 amide bonds. The molecule has 0 spiro atoms. The fraction of sp³-hybridized carbons (Fsp3) is 0.231. The summed E-state index contributed by atoms with van der Waals surface area (Å²) >= 11 is 0. The first kappa shape index (κ1) is 23.7. The largest absolute Gasteiger partial charge is 0.383 e. The van der Waals surface area contributed by atoms with Crippen LogP contribution in [-0.2, 0) is 24.3 Å². The van der Waals surface area contributed by atoms with Crippen LogP contribution in [0.2, 0.25) is 0 Å². The molecule has 2 heterocycles. The molecule has 0 saturated heterocycles. The molecule has 0 aliphatic rings. The van der Waals surface area contributed by atoms with E-state index in [4.69, 9.17) is 10.3 Å². The lowest BCUT2D eigenvalue weighted by atomic mass is 10.1. The van der Waals surface area contributed by atoms with Crippen LogP contribution in [0.3, 0.4) is 0 Å². The number of nitrogens with two attached hydrogens (primary N) is 1. The molecule has 3 N–H and O–H groups in total. The number of carbonyl (C=O) groups excluding carboxylic acids is 1. The van der Waals surface area contributed by atoms with E-state index in [1.54, 1.807) is 6.92 Å². The summed E-state index contributed by atoms with van der Waals surface area (Å²) in [6.07, 6.45) is 0.499. The van der Waals surface area contributed by atoms with Gasteiger partial charge in [-0.3, -0.25) is 19.1 Å². The van der Waals surface area contributed by atoms with E-state index < -0.39 is 11.2 Å². The summed E-state index contributed by atoms with van der Waals surface area (Å²) < 4.78 is 6.47. The molecule has 0 bridgehead atoms. The molecule has 0 radical (unpaired) electrons. The highest BCUT2D eigenvalue weighted by Gasteiger charge is 2.25. The number of rotatable bonds is 8. The lowest BCUT2D eigenvalue weighted by molar-refractivity contribution is -0.118. The van der Waals surface area contributed by atoms with Crippen LogP contribution < -0.4 is 21.9 Å². The van der Waals surface area contributed by atoms with E-state index in [1.165, 1.54) is 9.47 Å². The van der Waals surface area contributed by atoms with Gasteiger partial charge in [-0.1, -0.05) is 65.8 Å². The van der Waals surface area contributed by atoms with Crippen LogP contribution in [0.5, 0.6) is 0 Å². The molecule has 9 heteroatoms. The third-order valence-electron chi connectivity index (χ3n) is 5.92. The van der Waals surface area contributed by atoms with E-state index in [9.17, 15) is 14.4 Å². The van der Waals surface area contributed by atoms with Crippen molar-refractivity contribution in [2.45, 2.75) is 39.8 Å². The summed E-state index contributed by atoms with van der Waals surface area (Å²) in [6.45, 7) is 3.89. The van der Waals surface area contributed by atoms with Gasteiger partial charge < -0.3 is 15.2 Å². The summed E-state index contributed by atoms with van der Waals surface area (Å²) in [5.74, 6) is 0.277. The van der Waals surface area contributed by atoms with Gasteiger partial charge in [-0.15, -0.1) is 0 Å². The number of anilines is 2. The van der Waals surface area contributed by atoms with Crippen LogP contribution in [0.4, 0.5) is 11.5 Å². The van der Waals surface area contributed by atoms with Crippen molar-refractivity contribution in [1.29, 1.82) is 0 Å².